The van der Waals surface area contributed by atoms with Gasteiger partial charge in [0.2, 0.25) is 5.91 Å². The van der Waals surface area contributed by atoms with Gasteiger partial charge in [0.25, 0.3) is 10.0 Å². The number of carbonyl (C=O) groups is 1. The Kier molecular flexibility index (Phi) is 3.35. The van der Waals surface area contributed by atoms with Gasteiger partial charge in [0, 0.05) is 17.1 Å². The second-order valence-corrected chi connectivity index (χ2v) is 5.38. The van der Waals surface area contributed by atoms with Crippen LogP contribution in [0.5, 0.6) is 0 Å². The molecule has 1 amide bonds. The van der Waals surface area contributed by atoms with Crippen LogP contribution in [0.1, 0.15) is 6.92 Å². The predicted molar refractivity (Wildman–Crippen MR) is 59.6 cm³/mol. The summed E-state index contributed by atoms with van der Waals surface area (Å²) in [6.45, 7) is 1.13. The molecular formula is C8H9BrN2O3S. The molecule has 0 aliphatic rings. The first-order valence-electron chi connectivity index (χ1n) is 3.91. The van der Waals surface area contributed by atoms with Gasteiger partial charge < -0.3 is 5.73 Å². The van der Waals surface area contributed by atoms with E-state index in [0.717, 1.165) is 6.92 Å². The molecule has 7 heteroatoms. The smallest absolute Gasteiger partial charge is 0.264 e. The molecule has 1 aromatic carbocycles. The number of nitrogens with one attached hydrogen (secondary N) is 1. The fourth-order valence-corrected chi connectivity index (χ4v) is 2.47. The molecule has 0 aliphatic carbocycles. The monoisotopic (exact) mass is 292 g/mol. The largest absolute Gasteiger partial charge is 0.398 e. The predicted octanol–water partition coefficient (Wildman–Crippen LogP) is 0.856. The number of hydrogen-bond acceptors (Lipinski definition) is 4. The zero-order chi connectivity index (χ0) is 11.6. The molecule has 0 fully saturated rings. The number of rotatable bonds is 2. The van der Waals surface area contributed by atoms with Crippen LogP contribution >= 0.6 is 15.9 Å². The van der Waals surface area contributed by atoms with Crippen LogP contribution < -0.4 is 10.5 Å². The lowest BCUT2D eigenvalue weighted by molar-refractivity contribution is -0.117. The quantitative estimate of drug-likeness (QED) is 0.791. The Morgan fingerprint density at radius 1 is 1.47 bits per heavy atom. The number of amides is 1. The fraction of sp³-hybridized carbons (Fsp3) is 0.125. The SMILES string of the molecule is CC(=O)NS(=O)(=O)c1ccc(N)c(Br)c1. The lowest BCUT2D eigenvalue weighted by Gasteiger charge is -2.05. The van der Waals surface area contributed by atoms with E-state index >= 15 is 0 Å². The van der Waals surface area contributed by atoms with Crippen LogP contribution in [-0.2, 0) is 14.8 Å². The number of sulfonamides is 1. The normalized spacial score (nSPS) is 11.1. The molecule has 0 heterocycles. The van der Waals surface area contributed by atoms with Gasteiger partial charge in [-0.1, -0.05) is 0 Å². The van der Waals surface area contributed by atoms with Gasteiger partial charge in [0.1, 0.15) is 0 Å². The average Bonchev–Trinajstić information content (AvgIpc) is 2.07. The summed E-state index contributed by atoms with van der Waals surface area (Å²) in [7, 11) is -3.78. The number of benzene rings is 1. The molecule has 0 radical (unpaired) electrons. The van der Waals surface area contributed by atoms with Crippen molar-refractivity contribution in [2.24, 2.45) is 0 Å². The molecule has 1 aromatic rings. The van der Waals surface area contributed by atoms with Gasteiger partial charge >= 0.3 is 0 Å². The van der Waals surface area contributed by atoms with Gasteiger partial charge in [0.15, 0.2) is 0 Å². The molecule has 15 heavy (non-hydrogen) atoms. The van der Waals surface area contributed by atoms with Gasteiger partial charge in [-0.3, -0.25) is 4.79 Å². The van der Waals surface area contributed by atoms with E-state index < -0.39 is 15.9 Å². The van der Waals surface area contributed by atoms with E-state index in [0.29, 0.717) is 10.2 Å². The van der Waals surface area contributed by atoms with Gasteiger partial charge in [-0.25, -0.2) is 13.1 Å². The van der Waals surface area contributed by atoms with Crippen LogP contribution in [0.15, 0.2) is 27.6 Å². The molecule has 0 aromatic heterocycles. The summed E-state index contributed by atoms with van der Waals surface area (Å²) in [6, 6.07) is 4.10. The van der Waals surface area contributed by atoms with Crippen molar-refractivity contribution in [3.63, 3.8) is 0 Å². The highest BCUT2D eigenvalue weighted by Crippen LogP contribution is 2.22. The van der Waals surface area contributed by atoms with E-state index in [4.69, 9.17) is 5.73 Å². The zero-order valence-corrected chi connectivity index (χ0v) is 10.2. The van der Waals surface area contributed by atoms with E-state index in [1.54, 1.807) is 0 Å². The van der Waals surface area contributed by atoms with Crippen molar-refractivity contribution in [1.82, 2.24) is 4.72 Å². The third kappa shape index (κ3) is 2.93. The molecule has 0 saturated carbocycles. The van der Waals surface area contributed by atoms with Crippen molar-refractivity contribution in [2.45, 2.75) is 11.8 Å². The van der Waals surface area contributed by atoms with Crippen LogP contribution in [0.25, 0.3) is 0 Å². The first-order chi connectivity index (χ1) is 6.83. The van der Waals surface area contributed by atoms with Crippen molar-refractivity contribution >= 4 is 37.5 Å². The standard InChI is InChI=1S/C8H9BrN2O3S/c1-5(12)11-15(13,14)6-2-3-8(10)7(9)4-6/h2-4H,10H2,1H3,(H,11,12). The Balaban J connectivity index is 3.17. The second-order valence-electron chi connectivity index (χ2n) is 2.85. The van der Waals surface area contributed by atoms with E-state index in [1.807, 2.05) is 4.72 Å². The Morgan fingerprint density at radius 2 is 2.07 bits per heavy atom. The van der Waals surface area contributed by atoms with Gasteiger partial charge in [-0.2, -0.15) is 0 Å². The van der Waals surface area contributed by atoms with Crippen LogP contribution in [0.3, 0.4) is 0 Å². The summed E-state index contributed by atoms with van der Waals surface area (Å²) in [6.07, 6.45) is 0. The molecule has 82 valence electrons. The molecular weight excluding hydrogens is 284 g/mol. The molecule has 0 unspecified atom stereocenters. The van der Waals surface area contributed by atoms with Gasteiger partial charge in [-0.05, 0) is 34.1 Å². The lowest BCUT2D eigenvalue weighted by Crippen LogP contribution is -2.28. The van der Waals surface area contributed by atoms with E-state index in [9.17, 15) is 13.2 Å². The van der Waals surface area contributed by atoms with Crippen LogP contribution in [0.4, 0.5) is 5.69 Å². The third-order valence-corrected chi connectivity index (χ3v) is 3.68. The summed E-state index contributed by atoms with van der Waals surface area (Å²) < 4.78 is 25.3. The summed E-state index contributed by atoms with van der Waals surface area (Å²) in [5.74, 6) is -0.636. The van der Waals surface area contributed by atoms with Crippen LogP contribution in [0.2, 0.25) is 0 Å². The fourth-order valence-electron chi connectivity index (χ4n) is 0.923. The van der Waals surface area contributed by atoms with Gasteiger partial charge in [-0.15, -0.1) is 0 Å². The average molecular weight is 293 g/mol. The maximum absolute atomic E-state index is 11.5. The van der Waals surface area contributed by atoms with Crippen molar-refractivity contribution in [1.29, 1.82) is 0 Å². The minimum atomic E-state index is -3.78. The molecule has 1 rings (SSSR count). The third-order valence-electron chi connectivity index (χ3n) is 1.56. The van der Waals surface area contributed by atoms with Crippen molar-refractivity contribution in [3.8, 4) is 0 Å². The minimum Gasteiger partial charge on any atom is -0.398 e. The Morgan fingerprint density at radius 3 is 2.53 bits per heavy atom. The van der Waals surface area contributed by atoms with Crippen LogP contribution in [0, 0.1) is 0 Å². The maximum atomic E-state index is 11.5. The molecule has 0 bridgehead atoms. The second kappa shape index (κ2) is 4.19. The number of nitrogen functional groups attached to an aromatic ring is 1. The summed E-state index contributed by atoms with van der Waals surface area (Å²) in [4.78, 5) is 10.6. The zero-order valence-electron chi connectivity index (χ0n) is 7.82. The Labute approximate surface area is 95.8 Å². The summed E-state index contributed by atoms with van der Waals surface area (Å²) >= 11 is 3.10. The Bertz CT molecular complexity index is 499. The number of anilines is 1. The lowest BCUT2D eigenvalue weighted by atomic mass is 10.3. The number of nitrogens with two attached hydrogens (primary N) is 1. The number of hydrogen-bond donors (Lipinski definition) is 2. The number of halogens is 1. The molecule has 3 N–H and O–H groups in total. The van der Waals surface area contributed by atoms with Gasteiger partial charge in [0.05, 0.1) is 4.90 Å². The van der Waals surface area contributed by atoms with Crippen molar-refractivity contribution in [3.05, 3.63) is 22.7 Å². The van der Waals surface area contributed by atoms with Crippen molar-refractivity contribution < 1.29 is 13.2 Å². The van der Waals surface area contributed by atoms with Crippen LogP contribution in [-0.4, -0.2) is 14.3 Å². The highest BCUT2D eigenvalue weighted by Gasteiger charge is 2.15. The Hall–Kier alpha value is -1.08. The van der Waals surface area contributed by atoms with E-state index in [1.165, 1.54) is 18.2 Å². The van der Waals surface area contributed by atoms with E-state index in [2.05, 4.69) is 15.9 Å². The first kappa shape index (κ1) is 12.0. The molecule has 0 atom stereocenters. The van der Waals surface area contributed by atoms with Crippen molar-refractivity contribution in [2.75, 3.05) is 5.73 Å². The minimum absolute atomic E-state index is 0.0150. The molecule has 0 saturated heterocycles. The number of carbonyl (C=O) groups excluding carboxylic acids is 1. The molecule has 0 spiro atoms. The summed E-state index contributed by atoms with van der Waals surface area (Å²) in [5.41, 5.74) is 5.93. The molecule has 0 aliphatic heterocycles. The summed E-state index contributed by atoms with van der Waals surface area (Å²) in [5, 5.41) is 0. The highest BCUT2D eigenvalue weighted by atomic mass is 79.9. The maximum Gasteiger partial charge on any atom is 0.264 e. The van der Waals surface area contributed by atoms with E-state index in [-0.39, 0.29) is 4.90 Å². The topological polar surface area (TPSA) is 89.3 Å². The molecule has 5 nitrogen and oxygen atoms in total. The highest BCUT2D eigenvalue weighted by molar-refractivity contribution is 9.10. The first-order valence-corrected chi connectivity index (χ1v) is 6.19.